The van der Waals surface area contributed by atoms with Crippen molar-refractivity contribution in [1.82, 2.24) is 4.98 Å². The van der Waals surface area contributed by atoms with Gasteiger partial charge in [0.15, 0.2) is 17.1 Å². The summed E-state index contributed by atoms with van der Waals surface area (Å²) in [5.41, 5.74) is 11.9. The zero-order chi connectivity index (χ0) is 21.3. The van der Waals surface area contributed by atoms with E-state index in [4.69, 9.17) is 24.4 Å². The number of aromatic nitrogens is 1. The van der Waals surface area contributed by atoms with E-state index in [1.165, 1.54) is 0 Å². The second-order valence-electron chi connectivity index (χ2n) is 6.73. The number of nitrogens with zero attached hydrogens (tertiary/aromatic N) is 1. The zero-order valence-electron chi connectivity index (χ0n) is 17.3. The second kappa shape index (κ2) is 7.87. The molecule has 0 bridgehead atoms. The van der Waals surface area contributed by atoms with Crippen LogP contribution in [0.3, 0.4) is 0 Å². The molecule has 1 aromatic heterocycles. The Labute approximate surface area is 174 Å². The van der Waals surface area contributed by atoms with Crippen LogP contribution in [-0.2, 0) is 0 Å². The Morgan fingerprint density at radius 2 is 1.57 bits per heavy atom. The fourth-order valence-corrected chi connectivity index (χ4v) is 3.44. The number of anilines is 3. The van der Waals surface area contributed by atoms with Gasteiger partial charge in [-0.1, -0.05) is 24.3 Å². The van der Waals surface area contributed by atoms with Crippen molar-refractivity contribution in [3.8, 4) is 28.4 Å². The van der Waals surface area contributed by atoms with Crippen molar-refractivity contribution in [3.05, 3.63) is 54.1 Å². The van der Waals surface area contributed by atoms with Crippen LogP contribution in [0.2, 0.25) is 0 Å². The van der Waals surface area contributed by atoms with E-state index in [9.17, 15) is 0 Å². The van der Waals surface area contributed by atoms with Gasteiger partial charge in [0.05, 0.1) is 21.3 Å². The van der Waals surface area contributed by atoms with Gasteiger partial charge in [-0.15, -0.1) is 0 Å². The van der Waals surface area contributed by atoms with Crippen LogP contribution in [-0.4, -0.2) is 26.3 Å². The molecule has 0 spiro atoms. The summed E-state index contributed by atoms with van der Waals surface area (Å²) < 4.78 is 22.3. The third-order valence-corrected chi connectivity index (χ3v) is 5.00. The fourth-order valence-electron chi connectivity index (χ4n) is 3.44. The number of benzene rings is 3. The minimum atomic E-state index is 0.355. The van der Waals surface area contributed by atoms with Crippen LogP contribution < -0.4 is 25.3 Å². The van der Waals surface area contributed by atoms with E-state index in [1.807, 2.05) is 43.3 Å². The van der Waals surface area contributed by atoms with Gasteiger partial charge in [0.1, 0.15) is 5.52 Å². The number of rotatable bonds is 6. The first-order valence-electron chi connectivity index (χ1n) is 9.37. The number of hydrogen-bond acceptors (Lipinski definition) is 7. The monoisotopic (exact) mass is 405 g/mol. The summed E-state index contributed by atoms with van der Waals surface area (Å²) in [6.45, 7) is 1.99. The van der Waals surface area contributed by atoms with E-state index in [-0.39, 0.29) is 0 Å². The third-order valence-electron chi connectivity index (χ3n) is 5.00. The Hall–Kier alpha value is -3.87. The SMILES string of the molecule is COc1cc(Nc2nc3cccc(-c4cccc(N)c4C)c3o2)cc(OC)c1OC. The fraction of sp³-hybridized carbons (Fsp3) is 0.174. The first-order chi connectivity index (χ1) is 14.5. The minimum absolute atomic E-state index is 0.355. The van der Waals surface area contributed by atoms with Crippen LogP contribution in [0.4, 0.5) is 17.4 Å². The van der Waals surface area contributed by atoms with Crippen LogP contribution in [0.1, 0.15) is 5.56 Å². The van der Waals surface area contributed by atoms with Crippen LogP contribution in [0.5, 0.6) is 17.2 Å². The molecule has 1 heterocycles. The van der Waals surface area contributed by atoms with Crippen LogP contribution in [0.15, 0.2) is 52.9 Å². The maximum absolute atomic E-state index is 6.10. The molecular formula is C23H23N3O4. The average molecular weight is 405 g/mol. The number of nitrogen functional groups attached to an aromatic ring is 1. The molecule has 7 heteroatoms. The maximum Gasteiger partial charge on any atom is 0.300 e. The summed E-state index contributed by atoms with van der Waals surface area (Å²) in [5.74, 6) is 1.58. The van der Waals surface area contributed by atoms with Gasteiger partial charge < -0.3 is 29.7 Å². The molecule has 30 heavy (non-hydrogen) atoms. The summed E-state index contributed by atoms with van der Waals surface area (Å²) >= 11 is 0. The number of ether oxygens (including phenoxy) is 3. The molecule has 0 aliphatic heterocycles. The first-order valence-corrected chi connectivity index (χ1v) is 9.37. The molecule has 0 fully saturated rings. The number of methoxy groups -OCH3 is 3. The normalized spacial score (nSPS) is 10.8. The number of fused-ring (bicyclic) bond motifs is 1. The van der Waals surface area contributed by atoms with Crippen molar-refractivity contribution in [2.24, 2.45) is 0 Å². The lowest BCUT2D eigenvalue weighted by molar-refractivity contribution is 0.324. The van der Waals surface area contributed by atoms with Gasteiger partial charge in [-0.2, -0.15) is 4.98 Å². The molecular weight excluding hydrogens is 382 g/mol. The highest BCUT2D eigenvalue weighted by molar-refractivity contribution is 5.93. The molecule has 0 saturated heterocycles. The third kappa shape index (κ3) is 3.34. The van der Waals surface area contributed by atoms with Crippen molar-refractivity contribution in [2.45, 2.75) is 6.92 Å². The van der Waals surface area contributed by atoms with Crippen molar-refractivity contribution < 1.29 is 18.6 Å². The Morgan fingerprint density at radius 3 is 2.23 bits per heavy atom. The molecule has 3 aromatic carbocycles. The van der Waals surface area contributed by atoms with Gasteiger partial charge in [-0.05, 0) is 30.2 Å². The van der Waals surface area contributed by atoms with Crippen molar-refractivity contribution in [1.29, 1.82) is 0 Å². The minimum Gasteiger partial charge on any atom is -0.493 e. The number of hydrogen-bond donors (Lipinski definition) is 2. The largest absolute Gasteiger partial charge is 0.493 e. The summed E-state index contributed by atoms with van der Waals surface area (Å²) in [6.07, 6.45) is 0. The highest BCUT2D eigenvalue weighted by Crippen LogP contribution is 2.41. The smallest absolute Gasteiger partial charge is 0.300 e. The molecule has 4 rings (SSSR count). The highest BCUT2D eigenvalue weighted by Gasteiger charge is 2.17. The molecule has 154 valence electrons. The molecule has 0 radical (unpaired) electrons. The molecule has 3 N–H and O–H groups in total. The summed E-state index contributed by atoms with van der Waals surface area (Å²) in [6, 6.07) is 15.6. The van der Waals surface area contributed by atoms with E-state index in [0.717, 1.165) is 27.9 Å². The van der Waals surface area contributed by atoms with Gasteiger partial charge in [0, 0.05) is 29.1 Å². The Bertz CT molecular complexity index is 1190. The molecule has 0 amide bonds. The average Bonchev–Trinajstić information content (AvgIpc) is 3.17. The molecule has 7 nitrogen and oxygen atoms in total. The number of nitrogens with one attached hydrogen (secondary N) is 1. The summed E-state index contributed by atoms with van der Waals surface area (Å²) in [7, 11) is 4.70. The lowest BCUT2D eigenvalue weighted by Crippen LogP contribution is -1.97. The van der Waals surface area contributed by atoms with Gasteiger partial charge in [-0.25, -0.2) is 0 Å². The molecule has 0 aliphatic carbocycles. The van der Waals surface area contributed by atoms with E-state index < -0.39 is 0 Å². The van der Waals surface area contributed by atoms with Crippen molar-refractivity contribution in [2.75, 3.05) is 32.4 Å². The van der Waals surface area contributed by atoms with Gasteiger partial charge in [0.2, 0.25) is 5.75 Å². The molecule has 0 aliphatic rings. The van der Waals surface area contributed by atoms with Crippen LogP contribution >= 0.6 is 0 Å². The maximum atomic E-state index is 6.10. The highest BCUT2D eigenvalue weighted by atomic mass is 16.5. The standard InChI is InChI=1S/C23H23N3O4/c1-13-15(7-5-9-17(13)24)16-8-6-10-18-21(16)30-23(26-18)25-14-11-19(27-2)22(29-4)20(12-14)28-3/h5-12H,24H2,1-4H3,(H,25,26). The Morgan fingerprint density at radius 1 is 0.900 bits per heavy atom. The number of para-hydroxylation sites is 1. The zero-order valence-corrected chi connectivity index (χ0v) is 17.3. The molecule has 4 aromatic rings. The molecule has 0 unspecified atom stereocenters. The summed E-state index contributed by atoms with van der Waals surface area (Å²) in [5, 5.41) is 3.18. The van der Waals surface area contributed by atoms with E-state index in [0.29, 0.717) is 34.5 Å². The Kier molecular flexibility index (Phi) is 5.10. The predicted octanol–water partition coefficient (Wildman–Crippen LogP) is 5.15. The van der Waals surface area contributed by atoms with Gasteiger partial charge in [-0.3, -0.25) is 0 Å². The van der Waals surface area contributed by atoms with Crippen LogP contribution in [0, 0.1) is 6.92 Å². The van der Waals surface area contributed by atoms with E-state index >= 15 is 0 Å². The lowest BCUT2D eigenvalue weighted by Gasteiger charge is -2.14. The molecule has 0 atom stereocenters. The molecule has 0 saturated carbocycles. The van der Waals surface area contributed by atoms with Gasteiger partial charge in [0.25, 0.3) is 6.01 Å². The van der Waals surface area contributed by atoms with Crippen molar-refractivity contribution in [3.63, 3.8) is 0 Å². The van der Waals surface area contributed by atoms with Crippen LogP contribution in [0.25, 0.3) is 22.2 Å². The topological polar surface area (TPSA) is 91.8 Å². The van der Waals surface area contributed by atoms with E-state index in [2.05, 4.69) is 10.3 Å². The van der Waals surface area contributed by atoms with Crippen molar-refractivity contribution >= 4 is 28.5 Å². The first kappa shape index (κ1) is 19.4. The predicted molar refractivity (Wildman–Crippen MR) is 118 cm³/mol. The van der Waals surface area contributed by atoms with Gasteiger partial charge >= 0.3 is 0 Å². The van der Waals surface area contributed by atoms with E-state index in [1.54, 1.807) is 33.5 Å². The summed E-state index contributed by atoms with van der Waals surface area (Å²) in [4.78, 5) is 4.58. The lowest BCUT2D eigenvalue weighted by atomic mass is 9.99. The number of oxazole rings is 1. The quantitative estimate of drug-likeness (QED) is 0.428. The Balaban J connectivity index is 1.76. The number of nitrogens with two attached hydrogens (primary N) is 1. The second-order valence-corrected chi connectivity index (χ2v) is 6.73.